The second kappa shape index (κ2) is 13.3. The summed E-state index contributed by atoms with van der Waals surface area (Å²) in [5.74, 6) is 1.19. The van der Waals surface area contributed by atoms with Gasteiger partial charge in [0.05, 0.1) is 17.7 Å². The van der Waals surface area contributed by atoms with Gasteiger partial charge in [-0.25, -0.2) is 22.5 Å². The van der Waals surface area contributed by atoms with Crippen LogP contribution < -0.4 is 20.1 Å². The van der Waals surface area contributed by atoms with Crippen molar-refractivity contribution in [2.24, 2.45) is 0 Å². The van der Waals surface area contributed by atoms with Crippen molar-refractivity contribution in [2.75, 3.05) is 38.9 Å². The Morgan fingerprint density at radius 1 is 0.909 bits per heavy atom. The molecule has 0 radical (unpaired) electrons. The van der Waals surface area contributed by atoms with E-state index < -0.39 is 23.7 Å². The summed E-state index contributed by atoms with van der Waals surface area (Å²) < 4.78 is 54.9. The number of nitrogens with one attached hydrogen (secondary N) is 3. The highest BCUT2D eigenvalue weighted by atomic mass is 32.2. The number of carbonyl (C=O) groups is 1. The van der Waals surface area contributed by atoms with E-state index in [2.05, 4.69) is 15.4 Å². The summed E-state index contributed by atoms with van der Waals surface area (Å²) in [6.45, 7) is 4.54. The van der Waals surface area contributed by atoms with Crippen molar-refractivity contribution in [3.63, 3.8) is 0 Å². The van der Waals surface area contributed by atoms with E-state index in [0.717, 1.165) is 0 Å². The Labute approximate surface area is 194 Å². The van der Waals surface area contributed by atoms with Gasteiger partial charge in [0.1, 0.15) is 11.5 Å². The largest absolute Gasteiger partial charge is 0.457 e. The molecule has 1 amide bonds. The van der Waals surface area contributed by atoms with Crippen molar-refractivity contribution < 1.29 is 31.6 Å². The first kappa shape index (κ1) is 26.8. The third-order valence-corrected chi connectivity index (χ3v) is 7.56. The molecule has 12 heteroatoms. The van der Waals surface area contributed by atoms with Gasteiger partial charge in [-0.2, -0.15) is 0 Å². The van der Waals surface area contributed by atoms with Crippen LogP contribution in [0.15, 0.2) is 59.5 Å². The number of ether oxygens (including phenoxy) is 1. The monoisotopic (exact) mass is 499 g/mol. The molecule has 0 aliphatic heterocycles. The molecular formula is C21H30N3O7PS. The molecule has 0 heterocycles. The Morgan fingerprint density at radius 3 is 2.18 bits per heavy atom. The van der Waals surface area contributed by atoms with Crippen LogP contribution in [-0.4, -0.2) is 53.5 Å². The van der Waals surface area contributed by atoms with E-state index in [0.29, 0.717) is 24.6 Å². The molecular weight excluding hydrogens is 469 g/mol. The molecule has 2 aromatic carbocycles. The number of sulfonamides is 1. The fourth-order valence-electron chi connectivity index (χ4n) is 2.58. The van der Waals surface area contributed by atoms with E-state index in [-0.39, 0.29) is 30.8 Å². The molecule has 2 aromatic rings. The quantitative estimate of drug-likeness (QED) is 0.266. The lowest BCUT2D eigenvalue weighted by atomic mass is 10.3. The number of amides is 1. The summed E-state index contributed by atoms with van der Waals surface area (Å²) in [6.07, 6.45) is -0.731. The number of rotatable bonds is 14. The van der Waals surface area contributed by atoms with Gasteiger partial charge in [-0.3, -0.25) is 4.52 Å². The molecule has 2 rings (SSSR count). The highest BCUT2D eigenvalue weighted by molar-refractivity contribution is 7.89. The zero-order valence-corrected chi connectivity index (χ0v) is 20.4. The molecule has 1 unspecified atom stereocenters. The van der Waals surface area contributed by atoms with Crippen LogP contribution in [0.4, 0.5) is 4.79 Å². The average Bonchev–Trinajstić information content (AvgIpc) is 2.79. The van der Waals surface area contributed by atoms with Crippen molar-refractivity contribution in [2.45, 2.75) is 18.7 Å². The molecule has 0 spiro atoms. The predicted octanol–water partition coefficient (Wildman–Crippen LogP) is 3.32. The summed E-state index contributed by atoms with van der Waals surface area (Å²) in [6, 6.07) is 15.3. The maximum absolute atomic E-state index is 12.4. The minimum Gasteiger partial charge on any atom is -0.457 e. The van der Waals surface area contributed by atoms with Crippen molar-refractivity contribution in [3.05, 3.63) is 54.6 Å². The summed E-state index contributed by atoms with van der Waals surface area (Å²) in [7, 11) is -7.07. The molecule has 0 saturated heterocycles. The van der Waals surface area contributed by atoms with Gasteiger partial charge < -0.3 is 19.9 Å². The summed E-state index contributed by atoms with van der Waals surface area (Å²) in [4.78, 5) is 11.8. The van der Waals surface area contributed by atoms with E-state index in [4.69, 9.17) is 13.8 Å². The first-order chi connectivity index (χ1) is 15.8. The topological polar surface area (TPSA) is 132 Å². The Morgan fingerprint density at radius 2 is 1.55 bits per heavy atom. The lowest BCUT2D eigenvalue weighted by molar-refractivity contribution is 0.183. The van der Waals surface area contributed by atoms with Gasteiger partial charge in [-0.05, 0) is 43.3 Å². The van der Waals surface area contributed by atoms with Crippen molar-refractivity contribution in [1.82, 2.24) is 15.4 Å². The van der Waals surface area contributed by atoms with Crippen LogP contribution in [0.3, 0.4) is 0 Å². The second-order valence-electron chi connectivity index (χ2n) is 6.68. The Balaban J connectivity index is 1.66. The van der Waals surface area contributed by atoms with Crippen LogP contribution in [0.1, 0.15) is 13.8 Å². The van der Waals surface area contributed by atoms with Gasteiger partial charge in [0.2, 0.25) is 10.0 Å². The predicted molar refractivity (Wildman–Crippen MR) is 125 cm³/mol. The van der Waals surface area contributed by atoms with Gasteiger partial charge >= 0.3 is 13.7 Å². The number of hydrogen-bond acceptors (Lipinski definition) is 8. The van der Waals surface area contributed by atoms with Crippen molar-refractivity contribution in [1.29, 1.82) is 0 Å². The minimum atomic E-state index is -3.67. The number of carbonyl (C=O) groups excluding carboxylic acids is 1. The third-order valence-electron chi connectivity index (χ3n) is 4.21. The fraction of sp³-hybridized carbons (Fsp3) is 0.381. The van der Waals surface area contributed by atoms with Crippen LogP contribution in [0.5, 0.6) is 11.5 Å². The average molecular weight is 500 g/mol. The smallest absolute Gasteiger partial charge is 0.413 e. The Hall–Kier alpha value is -2.43. The number of para-hydroxylation sites is 1. The van der Waals surface area contributed by atoms with Gasteiger partial charge in [0, 0.05) is 26.2 Å². The van der Waals surface area contributed by atoms with Crippen LogP contribution in [0, 0.1) is 0 Å². The lowest BCUT2D eigenvalue weighted by Gasteiger charge is -2.16. The molecule has 0 bridgehead atoms. The minimum absolute atomic E-state index is 0.0927. The molecule has 33 heavy (non-hydrogen) atoms. The summed E-state index contributed by atoms with van der Waals surface area (Å²) >= 11 is 0. The fourth-order valence-corrected chi connectivity index (χ4v) is 4.69. The number of hydrogen-bond donors (Lipinski definition) is 3. The zero-order valence-electron chi connectivity index (χ0n) is 18.7. The van der Waals surface area contributed by atoms with Crippen LogP contribution >= 0.6 is 7.60 Å². The zero-order chi connectivity index (χ0) is 24.2. The third kappa shape index (κ3) is 9.53. The molecule has 0 aromatic heterocycles. The van der Waals surface area contributed by atoms with E-state index in [1.165, 1.54) is 12.1 Å². The van der Waals surface area contributed by atoms with Crippen LogP contribution in [0.25, 0.3) is 0 Å². The van der Waals surface area contributed by atoms with Gasteiger partial charge in [0.15, 0.2) is 0 Å². The van der Waals surface area contributed by atoms with Crippen molar-refractivity contribution in [3.8, 4) is 11.5 Å². The van der Waals surface area contributed by atoms with Crippen LogP contribution in [0.2, 0.25) is 0 Å². The van der Waals surface area contributed by atoms with Crippen molar-refractivity contribution >= 4 is 23.7 Å². The molecule has 182 valence electrons. The van der Waals surface area contributed by atoms with Gasteiger partial charge in [-0.15, -0.1) is 0 Å². The molecule has 0 aliphatic rings. The normalized spacial score (nSPS) is 13.2. The Bertz CT molecular complexity index is 1020. The maximum atomic E-state index is 12.4. The van der Waals surface area contributed by atoms with Gasteiger partial charge in [-0.1, -0.05) is 25.1 Å². The first-order valence-electron chi connectivity index (χ1n) is 10.5. The maximum Gasteiger partial charge on any atom is 0.413 e. The summed E-state index contributed by atoms with van der Waals surface area (Å²) in [5.41, 5.74) is 0. The molecule has 0 fully saturated rings. The van der Waals surface area contributed by atoms with E-state index in [1.54, 1.807) is 26.0 Å². The SMILES string of the molecule is CCOP(=O)(CC)OC(=O)NCCNCCNS(=O)(=O)c1ccc(Oc2ccccc2)cc1. The molecule has 0 saturated carbocycles. The highest BCUT2D eigenvalue weighted by Gasteiger charge is 2.25. The molecule has 0 aliphatic carbocycles. The lowest BCUT2D eigenvalue weighted by Crippen LogP contribution is -2.36. The van der Waals surface area contributed by atoms with Crippen LogP contribution in [-0.2, 0) is 23.6 Å². The van der Waals surface area contributed by atoms with E-state index in [9.17, 15) is 17.8 Å². The van der Waals surface area contributed by atoms with Gasteiger partial charge in [0.25, 0.3) is 0 Å². The number of benzene rings is 2. The molecule has 1 atom stereocenters. The standard InChI is InChI=1S/C21H30N3O7PS/c1-3-29-32(26,4-2)31-21(25)23-16-14-22-15-17-24-33(27,28)20-12-10-19(11-13-20)30-18-8-6-5-7-9-18/h5-13,22,24H,3-4,14-17H2,1-2H3,(H,23,25). The Kier molecular flexibility index (Phi) is 10.8. The first-order valence-corrected chi connectivity index (χ1v) is 13.7. The summed E-state index contributed by atoms with van der Waals surface area (Å²) in [5, 5.41) is 5.45. The van der Waals surface area contributed by atoms with E-state index in [1.807, 2.05) is 30.3 Å². The van der Waals surface area contributed by atoms with E-state index >= 15 is 0 Å². The highest BCUT2D eigenvalue weighted by Crippen LogP contribution is 2.47. The second-order valence-corrected chi connectivity index (χ2v) is 10.7. The molecule has 3 N–H and O–H groups in total. The molecule has 10 nitrogen and oxygen atoms in total.